The predicted octanol–water partition coefficient (Wildman–Crippen LogP) is 2.29. The number of carbonyl (C=O) groups excluding carboxylic acids is 1. The molecule has 2 aromatic heterocycles. The molecular formula is C13H16N4OS2. The zero-order valence-electron chi connectivity index (χ0n) is 11.2. The summed E-state index contributed by atoms with van der Waals surface area (Å²) in [5.74, 6) is 1.06. The third-order valence-electron chi connectivity index (χ3n) is 3.55. The van der Waals surface area contributed by atoms with Gasteiger partial charge < -0.3 is 11.1 Å². The second-order valence-corrected chi connectivity index (χ2v) is 7.86. The normalized spacial score (nSPS) is 22.2. The van der Waals surface area contributed by atoms with Crippen molar-refractivity contribution >= 4 is 44.9 Å². The fraction of sp³-hybridized carbons (Fsp3) is 0.462. The molecule has 0 aliphatic carbocycles. The van der Waals surface area contributed by atoms with Crippen LogP contribution in [0.4, 0.5) is 5.69 Å². The maximum Gasteiger partial charge on any atom is 0.263 e. The Balaban J connectivity index is 1.77. The number of fused-ring (bicyclic) bond motifs is 1. The first-order valence-electron chi connectivity index (χ1n) is 6.51. The molecule has 0 spiro atoms. The van der Waals surface area contributed by atoms with E-state index in [1.54, 1.807) is 12.3 Å². The van der Waals surface area contributed by atoms with Gasteiger partial charge in [0.05, 0.1) is 11.9 Å². The molecule has 0 saturated carbocycles. The van der Waals surface area contributed by atoms with Crippen molar-refractivity contribution in [2.45, 2.75) is 24.5 Å². The van der Waals surface area contributed by atoms with E-state index in [0.717, 1.165) is 11.8 Å². The van der Waals surface area contributed by atoms with Gasteiger partial charge in [0.25, 0.3) is 5.91 Å². The summed E-state index contributed by atoms with van der Waals surface area (Å²) in [6.45, 7) is 2.88. The SMILES string of the molecule is CC1(CNC(=O)c2sc3nnccc3c2N)CCCS1. The molecule has 1 aliphatic heterocycles. The van der Waals surface area contributed by atoms with Gasteiger partial charge in [0.1, 0.15) is 9.71 Å². The van der Waals surface area contributed by atoms with Crippen LogP contribution in [0.1, 0.15) is 29.4 Å². The van der Waals surface area contributed by atoms with Gasteiger partial charge in [-0.3, -0.25) is 4.79 Å². The van der Waals surface area contributed by atoms with Crippen molar-refractivity contribution in [2.75, 3.05) is 18.0 Å². The van der Waals surface area contributed by atoms with Crippen LogP contribution in [-0.2, 0) is 0 Å². The van der Waals surface area contributed by atoms with E-state index in [1.165, 1.54) is 23.5 Å². The fourth-order valence-corrected chi connectivity index (χ4v) is 4.56. The molecule has 0 aromatic carbocycles. The van der Waals surface area contributed by atoms with Crippen LogP contribution in [0.3, 0.4) is 0 Å². The highest BCUT2D eigenvalue weighted by Crippen LogP contribution is 2.37. The molecular weight excluding hydrogens is 292 g/mol. The molecule has 1 fully saturated rings. The van der Waals surface area contributed by atoms with Gasteiger partial charge in [-0.15, -0.1) is 16.4 Å². The Morgan fingerprint density at radius 2 is 2.45 bits per heavy atom. The number of rotatable bonds is 3. The van der Waals surface area contributed by atoms with Gasteiger partial charge in [-0.1, -0.05) is 0 Å². The number of amides is 1. The minimum atomic E-state index is -0.112. The lowest BCUT2D eigenvalue weighted by atomic mass is 10.1. The van der Waals surface area contributed by atoms with Crippen LogP contribution in [0.2, 0.25) is 0 Å². The first kappa shape index (κ1) is 13.6. The highest BCUT2D eigenvalue weighted by atomic mass is 32.2. The number of hydrogen-bond donors (Lipinski definition) is 2. The van der Waals surface area contributed by atoms with E-state index in [4.69, 9.17) is 5.73 Å². The van der Waals surface area contributed by atoms with Crippen LogP contribution >= 0.6 is 23.1 Å². The third kappa shape index (κ3) is 2.47. The highest BCUT2D eigenvalue weighted by molar-refractivity contribution is 8.00. The van der Waals surface area contributed by atoms with Crippen molar-refractivity contribution in [3.8, 4) is 0 Å². The van der Waals surface area contributed by atoms with Crippen LogP contribution in [0.15, 0.2) is 12.3 Å². The fourth-order valence-electron chi connectivity index (χ4n) is 2.37. The average molecular weight is 308 g/mol. The predicted molar refractivity (Wildman–Crippen MR) is 84.3 cm³/mol. The number of carbonyl (C=O) groups is 1. The number of thioether (sulfide) groups is 1. The van der Waals surface area contributed by atoms with E-state index < -0.39 is 0 Å². The van der Waals surface area contributed by atoms with Gasteiger partial charge in [0.15, 0.2) is 0 Å². The average Bonchev–Trinajstić information content (AvgIpc) is 3.02. The first-order valence-corrected chi connectivity index (χ1v) is 8.31. The number of anilines is 1. The summed E-state index contributed by atoms with van der Waals surface area (Å²) in [5, 5.41) is 11.6. The topological polar surface area (TPSA) is 80.9 Å². The van der Waals surface area contributed by atoms with Crippen LogP contribution < -0.4 is 11.1 Å². The summed E-state index contributed by atoms with van der Waals surface area (Å²) in [5.41, 5.74) is 6.53. The minimum Gasteiger partial charge on any atom is -0.397 e. The molecule has 0 bridgehead atoms. The number of nitrogens with zero attached hydrogens (tertiary/aromatic N) is 2. The van der Waals surface area contributed by atoms with E-state index in [2.05, 4.69) is 22.4 Å². The van der Waals surface area contributed by atoms with Crippen LogP contribution in [0, 0.1) is 0 Å². The van der Waals surface area contributed by atoms with E-state index in [1.807, 2.05) is 11.8 Å². The van der Waals surface area contributed by atoms with Crippen molar-refractivity contribution in [1.29, 1.82) is 0 Å². The van der Waals surface area contributed by atoms with Gasteiger partial charge in [-0.25, -0.2) is 0 Å². The molecule has 20 heavy (non-hydrogen) atoms. The number of nitrogens with one attached hydrogen (secondary N) is 1. The largest absolute Gasteiger partial charge is 0.397 e. The summed E-state index contributed by atoms with van der Waals surface area (Å²) in [4.78, 5) is 13.5. The Morgan fingerprint density at radius 1 is 1.60 bits per heavy atom. The second-order valence-electron chi connectivity index (χ2n) is 5.18. The molecule has 7 heteroatoms. The van der Waals surface area contributed by atoms with Crippen LogP contribution in [0.5, 0.6) is 0 Å². The van der Waals surface area contributed by atoms with E-state index >= 15 is 0 Å². The van der Waals surface area contributed by atoms with Gasteiger partial charge in [0.2, 0.25) is 0 Å². The second kappa shape index (κ2) is 5.21. The lowest BCUT2D eigenvalue weighted by molar-refractivity contribution is 0.0955. The maximum atomic E-state index is 12.3. The monoisotopic (exact) mass is 308 g/mol. The first-order chi connectivity index (χ1) is 9.59. The molecule has 1 aliphatic rings. The van der Waals surface area contributed by atoms with Gasteiger partial charge in [-0.2, -0.15) is 16.9 Å². The summed E-state index contributed by atoms with van der Waals surface area (Å²) >= 11 is 3.22. The molecule has 1 saturated heterocycles. The molecule has 1 amide bonds. The third-order valence-corrected chi connectivity index (χ3v) is 6.19. The molecule has 3 heterocycles. The minimum absolute atomic E-state index is 0.112. The van der Waals surface area contributed by atoms with Crippen LogP contribution in [0.25, 0.3) is 10.2 Å². The van der Waals surface area contributed by atoms with Gasteiger partial charge in [0, 0.05) is 16.7 Å². The summed E-state index contributed by atoms with van der Waals surface area (Å²) < 4.78 is 0.154. The zero-order chi connectivity index (χ0) is 14.2. The van der Waals surface area contributed by atoms with Crippen molar-refractivity contribution in [3.63, 3.8) is 0 Å². The Labute approximate surface area is 125 Å². The Hall–Kier alpha value is -1.34. The Morgan fingerprint density at radius 3 is 3.15 bits per heavy atom. The molecule has 1 unspecified atom stereocenters. The number of hydrogen-bond acceptors (Lipinski definition) is 6. The van der Waals surface area contributed by atoms with Crippen molar-refractivity contribution in [1.82, 2.24) is 15.5 Å². The maximum absolute atomic E-state index is 12.3. The number of aromatic nitrogens is 2. The lowest BCUT2D eigenvalue weighted by Crippen LogP contribution is -2.36. The molecule has 1 atom stereocenters. The summed E-state index contributed by atoms with van der Waals surface area (Å²) in [7, 11) is 0. The number of thiophene rings is 1. The van der Waals surface area contributed by atoms with Crippen molar-refractivity contribution < 1.29 is 4.79 Å². The van der Waals surface area contributed by atoms with Crippen molar-refractivity contribution in [2.24, 2.45) is 0 Å². The Bertz CT molecular complexity index is 649. The molecule has 5 nitrogen and oxygen atoms in total. The quantitative estimate of drug-likeness (QED) is 0.909. The molecule has 3 rings (SSSR count). The summed E-state index contributed by atoms with van der Waals surface area (Å²) in [6.07, 6.45) is 3.95. The van der Waals surface area contributed by atoms with Crippen molar-refractivity contribution in [3.05, 3.63) is 17.1 Å². The zero-order valence-corrected chi connectivity index (χ0v) is 12.8. The molecule has 106 valence electrons. The summed E-state index contributed by atoms with van der Waals surface area (Å²) in [6, 6.07) is 1.79. The van der Waals surface area contributed by atoms with Crippen LogP contribution in [-0.4, -0.2) is 33.1 Å². The smallest absolute Gasteiger partial charge is 0.263 e. The van der Waals surface area contributed by atoms with E-state index in [0.29, 0.717) is 21.9 Å². The van der Waals surface area contributed by atoms with Gasteiger partial charge >= 0.3 is 0 Å². The van der Waals surface area contributed by atoms with Gasteiger partial charge in [-0.05, 0) is 31.6 Å². The number of nitrogen functional groups attached to an aromatic ring is 1. The molecule has 2 aromatic rings. The Kier molecular flexibility index (Phi) is 3.55. The van der Waals surface area contributed by atoms with E-state index in [9.17, 15) is 4.79 Å². The lowest BCUT2D eigenvalue weighted by Gasteiger charge is -2.22. The molecule has 3 N–H and O–H groups in total. The standard InChI is InChI=1S/C13H16N4OS2/c1-13(4-2-6-19-13)7-15-11(18)10-9(14)8-3-5-16-17-12(8)20-10/h3,5H,2,4,6-7,14H2,1H3,(H,15,18). The molecule has 0 radical (unpaired) electrons. The number of nitrogens with two attached hydrogens (primary N) is 1. The highest BCUT2D eigenvalue weighted by Gasteiger charge is 2.30. The van der Waals surface area contributed by atoms with E-state index in [-0.39, 0.29) is 10.7 Å².